The van der Waals surface area contributed by atoms with Gasteiger partial charge < -0.3 is 59.0 Å². The standard InChI is InChI=1S/C50H84N6O13/c1-14-40-50(10,62)43(58)33(6)54(12)27-29(2)25-48(8,61)45(31(4)41(32(5)46(60)68-40)39-26-49(9,65-13)44(59)34(7)67-39)69-47-42(57)38(24-30(3)66-47)53(11)23-21-36-28-55(52-51-36)22-15-16-35-17-19-37(20-18-35)56(63)64/h17-20,28-34,38-45,47,57-59,61-62H,14-16,21-27H2,1-13H3/t29-,30-,31+,32-,33-,34+,38+,39?,40-,41+,42-,43-,44+,45-,47+,48-,49-,50-/m1/s1. The highest BCUT2D eigenvalue weighted by atomic mass is 16.7. The lowest BCUT2D eigenvalue weighted by Gasteiger charge is -2.51. The molecule has 0 spiro atoms. The molecule has 0 bridgehead atoms. The van der Waals surface area contributed by atoms with E-state index in [1.54, 1.807) is 58.4 Å². The lowest BCUT2D eigenvalue weighted by Crippen LogP contribution is -2.62. The van der Waals surface area contributed by atoms with Crippen LogP contribution >= 0.6 is 0 Å². The molecule has 19 nitrogen and oxygen atoms in total. The zero-order valence-corrected chi connectivity index (χ0v) is 43.3. The number of hydrogen-bond donors (Lipinski definition) is 5. The molecule has 5 rings (SSSR count). The highest BCUT2D eigenvalue weighted by Crippen LogP contribution is 2.45. The monoisotopic (exact) mass is 977 g/mol. The molecule has 19 heteroatoms. The van der Waals surface area contributed by atoms with Gasteiger partial charge in [0.25, 0.3) is 5.69 Å². The van der Waals surface area contributed by atoms with Gasteiger partial charge in [-0.2, -0.15) is 0 Å². The second kappa shape index (κ2) is 23.6. The highest BCUT2D eigenvalue weighted by Gasteiger charge is 2.55. The molecule has 3 saturated heterocycles. The highest BCUT2D eigenvalue weighted by molar-refractivity contribution is 5.73. The number of aliphatic hydroxyl groups excluding tert-OH is 3. The van der Waals surface area contributed by atoms with Crippen LogP contribution in [0.2, 0.25) is 0 Å². The topological polar surface area (TPSA) is 245 Å². The summed E-state index contributed by atoms with van der Waals surface area (Å²) in [6, 6.07) is 5.58. The maximum absolute atomic E-state index is 14.6. The number of esters is 1. The fraction of sp³-hybridized carbons (Fsp3) is 0.820. The third kappa shape index (κ3) is 13.5. The van der Waals surface area contributed by atoms with Gasteiger partial charge in [-0.25, -0.2) is 0 Å². The van der Waals surface area contributed by atoms with Crippen molar-refractivity contribution in [1.82, 2.24) is 24.8 Å². The molecule has 0 aliphatic carbocycles. The molecule has 3 aliphatic rings. The van der Waals surface area contributed by atoms with Crippen molar-refractivity contribution in [3.8, 4) is 0 Å². The van der Waals surface area contributed by atoms with E-state index in [2.05, 4.69) is 15.2 Å². The summed E-state index contributed by atoms with van der Waals surface area (Å²) in [5.74, 6) is -3.16. The Morgan fingerprint density at radius 3 is 2.28 bits per heavy atom. The zero-order valence-electron chi connectivity index (χ0n) is 43.3. The van der Waals surface area contributed by atoms with Crippen LogP contribution in [0.5, 0.6) is 0 Å². The largest absolute Gasteiger partial charge is 0.459 e. The van der Waals surface area contributed by atoms with Gasteiger partial charge in [-0.15, -0.1) is 5.10 Å². The van der Waals surface area contributed by atoms with Crippen molar-refractivity contribution in [2.45, 2.75) is 205 Å². The molecule has 0 radical (unpaired) electrons. The van der Waals surface area contributed by atoms with Gasteiger partial charge in [-0.3, -0.25) is 19.6 Å². The number of cyclic esters (lactones) is 1. The van der Waals surface area contributed by atoms with E-state index in [1.165, 1.54) is 26.2 Å². The Morgan fingerprint density at radius 1 is 0.986 bits per heavy atom. The van der Waals surface area contributed by atoms with Crippen LogP contribution in [0.4, 0.5) is 5.69 Å². The van der Waals surface area contributed by atoms with E-state index in [-0.39, 0.29) is 37.0 Å². The normalized spacial score (nSPS) is 40.2. The number of nitro benzene ring substituents is 1. The number of methoxy groups -OCH3 is 1. The van der Waals surface area contributed by atoms with Gasteiger partial charge in [-0.1, -0.05) is 45.0 Å². The molecule has 69 heavy (non-hydrogen) atoms. The molecule has 0 amide bonds. The van der Waals surface area contributed by atoms with Gasteiger partial charge in [0.15, 0.2) is 6.29 Å². The molecule has 1 aromatic carbocycles. The third-order valence-corrected chi connectivity index (χ3v) is 15.8. The van der Waals surface area contributed by atoms with Crippen molar-refractivity contribution < 1.29 is 58.9 Å². The van der Waals surface area contributed by atoms with Crippen molar-refractivity contribution in [1.29, 1.82) is 0 Å². The quantitative estimate of drug-likeness (QED) is 0.102. The molecular formula is C50H84N6O13. The van der Waals surface area contributed by atoms with Crippen LogP contribution in [0.15, 0.2) is 30.5 Å². The summed E-state index contributed by atoms with van der Waals surface area (Å²) >= 11 is 0. The molecule has 392 valence electrons. The Labute approximate surface area is 408 Å². The number of carbonyl (C=O) groups is 1. The molecular weight excluding hydrogens is 893 g/mol. The summed E-state index contributed by atoms with van der Waals surface area (Å²) in [4.78, 5) is 29.2. The first kappa shape index (κ1) is 56.7. The third-order valence-electron chi connectivity index (χ3n) is 15.8. The molecule has 0 saturated carbocycles. The molecule has 4 heterocycles. The van der Waals surface area contributed by atoms with Gasteiger partial charge >= 0.3 is 5.97 Å². The number of aliphatic hydroxyl groups is 5. The molecule has 18 atom stereocenters. The van der Waals surface area contributed by atoms with Gasteiger partial charge in [0.1, 0.15) is 30.0 Å². The van der Waals surface area contributed by atoms with Gasteiger partial charge in [0.2, 0.25) is 0 Å². The van der Waals surface area contributed by atoms with Crippen LogP contribution in [0.1, 0.15) is 113 Å². The number of nitro groups is 1. The number of hydrogen-bond acceptors (Lipinski definition) is 17. The number of non-ortho nitro benzene ring substituents is 1. The van der Waals surface area contributed by atoms with E-state index >= 15 is 0 Å². The molecule has 5 N–H and O–H groups in total. The maximum atomic E-state index is 14.6. The molecule has 3 aliphatic heterocycles. The fourth-order valence-electron chi connectivity index (χ4n) is 11.5. The van der Waals surface area contributed by atoms with Gasteiger partial charge in [-0.05, 0) is 105 Å². The number of aromatic nitrogens is 3. The number of carbonyl (C=O) groups excluding carboxylic acids is 1. The van der Waals surface area contributed by atoms with Crippen molar-refractivity contribution >= 4 is 11.7 Å². The Bertz CT molecular complexity index is 1960. The lowest BCUT2D eigenvalue weighted by atomic mass is 9.68. The predicted molar refractivity (Wildman–Crippen MR) is 257 cm³/mol. The summed E-state index contributed by atoms with van der Waals surface area (Å²) in [5.41, 5.74) is -2.62. The summed E-state index contributed by atoms with van der Waals surface area (Å²) in [5, 5.41) is 79.7. The van der Waals surface area contributed by atoms with E-state index < -0.39 is 107 Å². The Hall–Kier alpha value is -3.21. The number of likely N-dealkylation sites (N-methyl/N-ethyl adjacent to an activating group) is 2. The molecule has 2 aromatic rings. The van der Waals surface area contributed by atoms with Crippen LogP contribution in [0.3, 0.4) is 0 Å². The Kier molecular flexibility index (Phi) is 19.4. The second-order valence-electron chi connectivity index (χ2n) is 21.5. The minimum atomic E-state index is -1.82. The first-order valence-corrected chi connectivity index (χ1v) is 25.0. The van der Waals surface area contributed by atoms with Crippen molar-refractivity contribution in [3.63, 3.8) is 0 Å². The number of ether oxygens (including phenoxy) is 5. The number of rotatable bonds is 14. The fourth-order valence-corrected chi connectivity index (χ4v) is 11.5. The SMILES string of the molecule is CC[C@H]1OC(=O)[C@H](C)[C@@H](C2C[C@@](C)(OC)[C@@H](O)[C@H](C)O2)[C@H](C)[C@@H](O[C@@H]2O[C@H](C)C[C@H](N(C)CCc3cn(CCCc4ccc([N+](=O)[O-])cc4)nn3)[C@H]2O)[C@](C)(O)C[C@@H](C)CN(C)[C@H](C)[C@@H](O)[C@]1(C)O. The van der Waals surface area contributed by atoms with Crippen molar-refractivity contribution in [3.05, 3.63) is 51.8 Å². The molecule has 3 fully saturated rings. The van der Waals surface area contributed by atoms with E-state index in [0.29, 0.717) is 32.5 Å². The van der Waals surface area contributed by atoms with Crippen molar-refractivity contribution in [2.24, 2.45) is 23.7 Å². The summed E-state index contributed by atoms with van der Waals surface area (Å²) in [6.07, 6.45) is -3.44. The second-order valence-corrected chi connectivity index (χ2v) is 21.5. The average molecular weight is 977 g/mol. The molecule has 1 unspecified atom stereocenters. The zero-order chi connectivity index (χ0) is 51.3. The smallest absolute Gasteiger partial charge is 0.309 e. The van der Waals surface area contributed by atoms with Crippen LogP contribution in [-0.4, -0.2) is 180 Å². The number of benzene rings is 1. The summed E-state index contributed by atoms with van der Waals surface area (Å²) in [7, 11) is 5.31. The average Bonchev–Trinajstić information content (AvgIpc) is 3.75. The van der Waals surface area contributed by atoms with Crippen molar-refractivity contribution in [2.75, 3.05) is 34.3 Å². The maximum Gasteiger partial charge on any atom is 0.309 e. The minimum absolute atomic E-state index is 0.0610. The van der Waals surface area contributed by atoms with Crippen LogP contribution in [0.25, 0.3) is 0 Å². The Morgan fingerprint density at radius 2 is 1.65 bits per heavy atom. The number of aryl methyl sites for hydroxylation is 2. The predicted octanol–water partition coefficient (Wildman–Crippen LogP) is 3.92. The summed E-state index contributed by atoms with van der Waals surface area (Å²) in [6.45, 7) is 19.5. The first-order valence-electron chi connectivity index (χ1n) is 25.0. The van der Waals surface area contributed by atoms with E-state index in [1.807, 2.05) is 46.0 Å². The summed E-state index contributed by atoms with van der Waals surface area (Å²) < 4.78 is 33.9. The van der Waals surface area contributed by atoms with E-state index in [9.17, 15) is 40.4 Å². The first-order chi connectivity index (χ1) is 32.2. The number of nitrogens with zero attached hydrogens (tertiary/aromatic N) is 6. The Balaban J connectivity index is 1.41. The van der Waals surface area contributed by atoms with Crippen LogP contribution < -0.4 is 0 Å². The van der Waals surface area contributed by atoms with Crippen LogP contribution in [-0.2, 0) is 47.9 Å². The van der Waals surface area contributed by atoms with Gasteiger partial charge in [0, 0.05) is 75.9 Å². The van der Waals surface area contributed by atoms with Gasteiger partial charge in [0.05, 0.1) is 52.2 Å². The van der Waals surface area contributed by atoms with E-state index in [0.717, 1.165) is 24.1 Å². The molecule has 1 aromatic heterocycles. The lowest BCUT2D eigenvalue weighted by molar-refractivity contribution is -0.384. The minimum Gasteiger partial charge on any atom is -0.459 e. The van der Waals surface area contributed by atoms with Crippen LogP contribution in [0, 0.1) is 33.8 Å². The van der Waals surface area contributed by atoms with E-state index in [4.69, 9.17) is 23.7 Å².